The van der Waals surface area contributed by atoms with E-state index in [1.54, 1.807) is 0 Å². The monoisotopic (exact) mass is 188 g/mol. The molecule has 0 aromatic carbocycles. The molecule has 6 heteroatoms. The molecular weight excluding hydrogens is 175 g/mol. The van der Waals surface area contributed by atoms with Gasteiger partial charge in [-0.3, -0.25) is 0 Å². The Morgan fingerprint density at radius 2 is 1.75 bits per heavy atom. The second-order valence-electron chi connectivity index (χ2n) is 2.21. The van der Waals surface area contributed by atoms with Crippen LogP contribution in [0, 0.1) is 0 Å². The molecule has 0 aliphatic carbocycles. The fourth-order valence-electron chi connectivity index (χ4n) is 0.602. The van der Waals surface area contributed by atoms with Crippen molar-refractivity contribution >= 4 is 6.29 Å². The first-order valence-corrected chi connectivity index (χ1v) is 3.22. The maximum atomic E-state index is 9.82. The van der Waals surface area contributed by atoms with Crippen molar-refractivity contribution in [3.63, 3.8) is 0 Å². The van der Waals surface area contributed by atoms with Gasteiger partial charge in [-0.1, -0.05) is 0 Å². The second-order valence-corrected chi connectivity index (χ2v) is 2.21. The van der Waals surface area contributed by atoms with Gasteiger partial charge in [-0.15, -0.1) is 0 Å². The molecule has 68 valence electrons. The Bertz CT molecular complexity index is 126. The molecule has 0 saturated carbocycles. The van der Waals surface area contributed by atoms with Gasteiger partial charge >= 0.3 is 29.6 Å². The Hall–Kier alpha value is 0.510. The zero-order valence-corrected chi connectivity index (χ0v) is 8.92. The number of aliphatic hydroxyl groups is 4. The molecule has 4 N–H and O–H groups in total. The number of hydrogen-bond donors (Lipinski definition) is 4. The summed E-state index contributed by atoms with van der Waals surface area (Å²) in [6, 6.07) is 0. The molecule has 0 unspecified atom stereocenters. The maximum absolute atomic E-state index is 9.82. The van der Waals surface area contributed by atoms with E-state index in [1.807, 2.05) is 0 Å². The Labute approximate surface area is 93.8 Å². The number of aldehydes is 1. The third-order valence-electron chi connectivity index (χ3n) is 1.31. The molecule has 0 saturated heterocycles. The standard InChI is InChI=1S/C6H12O5.Na.H/c7-2-1-4(9)6(11)5(10)3-8;;/h2,4-6,8-11H,1,3H2;;/q;+1;-1/t4-,5-,6+;;/m1../s1. The van der Waals surface area contributed by atoms with E-state index in [0.717, 1.165) is 0 Å². The van der Waals surface area contributed by atoms with Crippen LogP contribution in [0.5, 0.6) is 0 Å². The fourth-order valence-corrected chi connectivity index (χ4v) is 0.602. The van der Waals surface area contributed by atoms with Crippen molar-refractivity contribution in [2.24, 2.45) is 0 Å². The third-order valence-corrected chi connectivity index (χ3v) is 1.31. The zero-order chi connectivity index (χ0) is 8.85. The van der Waals surface area contributed by atoms with Crippen LogP contribution in [-0.4, -0.2) is 51.6 Å². The maximum Gasteiger partial charge on any atom is 1.00 e. The summed E-state index contributed by atoms with van der Waals surface area (Å²) in [5.74, 6) is 0. The van der Waals surface area contributed by atoms with Gasteiger partial charge in [0.15, 0.2) is 0 Å². The van der Waals surface area contributed by atoms with Gasteiger partial charge in [0.25, 0.3) is 0 Å². The number of carbonyl (C=O) groups is 1. The summed E-state index contributed by atoms with van der Waals surface area (Å²) < 4.78 is 0. The van der Waals surface area contributed by atoms with E-state index >= 15 is 0 Å². The molecule has 0 aliphatic rings. The third kappa shape index (κ3) is 5.21. The van der Waals surface area contributed by atoms with Crippen molar-refractivity contribution < 1.29 is 56.2 Å². The van der Waals surface area contributed by atoms with Crippen LogP contribution in [-0.2, 0) is 4.79 Å². The second kappa shape index (κ2) is 8.12. The first-order chi connectivity index (χ1) is 5.13. The zero-order valence-electron chi connectivity index (χ0n) is 7.92. The summed E-state index contributed by atoms with van der Waals surface area (Å²) in [5.41, 5.74) is 0. The molecule has 3 atom stereocenters. The molecule has 0 spiro atoms. The van der Waals surface area contributed by atoms with Gasteiger partial charge < -0.3 is 26.6 Å². The molecule has 0 aromatic heterocycles. The van der Waals surface area contributed by atoms with Crippen LogP contribution in [0.3, 0.4) is 0 Å². The van der Waals surface area contributed by atoms with Crippen molar-refractivity contribution in [2.45, 2.75) is 24.7 Å². The summed E-state index contributed by atoms with van der Waals surface area (Å²) >= 11 is 0. The molecule has 0 bridgehead atoms. The number of carbonyl (C=O) groups excluding carboxylic acids is 1. The molecule has 0 amide bonds. The van der Waals surface area contributed by atoms with Crippen molar-refractivity contribution in [1.29, 1.82) is 0 Å². The molecule has 0 radical (unpaired) electrons. The van der Waals surface area contributed by atoms with Crippen LogP contribution in [0.4, 0.5) is 0 Å². The summed E-state index contributed by atoms with van der Waals surface area (Å²) in [6.45, 7) is -0.642. The summed E-state index contributed by atoms with van der Waals surface area (Å²) in [6.07, 6.45) is -4.00. The number of hydrogen-bond acceptors (Lipinski definition) is 5. The summed E-state index contributed by atoms with van der Waals surface area (Å²) in [5, 5.41) is 34.8. The smallest absolute Gasteiger partial charge is 1.00 e. The molecule has 0 aliphatic heterocycles. The van der Waals surface area contributed by atoms with Gasteiger partial charge in [0, 0.05) is 6.42 Å². The van der Waals surface area contributed by atoms with E-state index in [-0.39, 0.29) is 37.4 Å². The van der Waals surface area contributed by atoms with E-state index < -0.39 is 24.9 Å². The van der Waals surface area contributed by atoms with Crippen LogP contribution in [0.1, 0.15) is 7.85 Å². The van der Waals surface area contributed by atoms with Crippen LogP contribution >= 0.6 is 0 Å². The molecule has 0 rings (SSSR count). The quantitative estimate of drug-likeness (QED) is 0.255. The largest absolute Gasteiger partial charge is 1.00 e. The minimum atomic E-state index is -1.47. The molecule has 0 fully saturated rings. The Kier molecular flexibility index (Phi) is 10.2. The molecule has 0 heterocycles. The van der Waals surface area contributed by atoms with Crippen molar-refractivity contribution in [3.05, 3.63) is 0 Å². The molecular formula is C6H13NaO5. The first kappa shape index (κ1) is 15.0. The number of aliphatic hydroxyl groups excluding tert-OH is 4. The minimum Gasteiger partial charge on any atom is -1.00 e. The number of rotatable bonds is 5. The summed E-state index contributed by atoms with van der Waals surface area (Å²) in [4.78, 5) is 9.82. The van der Waals surface area contributed by atoms with Crippen LogP contribution in [0.2, 0.25) is 0 Å². The fraction of sp³-hybridized carbons (Fsp3) is 0.833. The Morgan fingerprint density at radius 3 is 2.08 bits per heavy atom. The molecule has 5 nitrogen and oxygen atoms in total. The topological polar surface area (TPSA) is 98.0 Å². The van der Waals surface area contributed by atoms with Crippen molar-refractivity contribution in [2.75, 3.05) is 6.61 Å². The van der Waals surface area contributed by atoms with Gasteiger partial charge in [-0.25, -0.2) is 0 Å². The van der Waals surface area contributed by atoms with Gasteiger partial charge in [0.05, 0.1) is 12.7 Å². The van der Waals surface area contributed by atoms with E-state index in [4.69, 9.17) is 20.4 Å². The van der Waals surface area contributed by atoms with Gasteiger partial charge in [-0.05, 0) is 0 Å². The molecule has 0 aromatic rings. The summed E-state index contributed by atoms with van der Waals surface area (Å²) in [7, 11) is 0. The average Bonchev–Trinajstić information content (AvgIpc) is 2.02. The van der Waals surface area contributed by atoms with Crippen molar-refractivity contribution in [3.8, 4) is 0 Å². The van der Waals surface area contributed by atoms with Crippen LogP contribution in [0.15, 0.2) is 0 Å². The average molecular weight is 188 g/mol. The van der Waals surface area contributed by atoms with E-state index in [2.05, 4.69) is 0 Å². The normalized spacial score (nSPS) is 17.3. The molecule has 12 heavy (non-hydrogen) atoms. The van der Waals surface area contributed by atoms with Gasteiger partial charge in [-0.2, -0.15) is 0 Å². The Morgan fingerprint density at radius 1 is 1.25 bits per heavy atom. The predicted molar refractivity (Wildman–Crippen MR) is 36.9 cm³/mol. The van der Waals surface area contributed by atoms with Crippen LogP contribution in [0.25, 0.3) is 0 Å². The Balaban J connectivity index is -0.000000500. The SMILES string of the molecule is O=CC[C@@H](O)[C@H](O)[C@H](O)CO.[H-].[Na+]. The predicted octanol–water partition coefficient (Wildman–Crippen LogP) is -5.23. The minimum absolute atomic E-state index is 0. The van der Waals surface area contributed by atoms with Gasteiger partial charge in [0.2, 0.25) is 0 Å². The van der Waals surface area contributed by atoms with Crippen molar-refractivity contribution in [1.82, 2.24) is 0 Å². The van der Waals surface area contributed by atoms with E-state index in [9.17, 15) is 4.79 Å². The van der Waals surface area contributed by atoms with E-state index in [1.165, 1.54) is 0 Å². The van der Waals surface area contributed by atoms with E-state index in [0.29, 0.717) is 6.29 Å². The van der Waals surface area contributed by atoms with Crippen LogP contribution < -0.4 is 29.6 Å². The first-order valence-electron chi connectivity index (χ1n) is 3.22. The van der Waals surface area contributed by atoms with Gasteiger partial charge in [0.1, 0.15) is 18.5 Å².